The van der Waals surface area contributed by atoms with E-state index in [-0.39, 0.29) is 35.9 Å². The molecule has 0 aromatic heterocycles. The fraction of sp³-hybridized carbons (Fsp3) is 0.208. The van der Waals surface area contributed by atoms with Gasteiger partial charge in [0.2, 0.25) is 6.79 Å². The molecule has 1 heterocycles. The molecule has 3 aromatic rings. The zero-order valence-corrected chi connectivity index (χ0v) is 19.8. The van der Waals surface area contributed by atoms with Crippen LogP contribution in [0.15, 0.2) is 59.8 Å². The summed E-state index contributed by atoms with van der Waals surface area (Å²) in [5.41, 5.74) is 2.79. The standard InChI is InChI=1S/C24H17Cl3N2O5/c25-16-4-1-15(20(27)9-16)11-34-28-24(14-2-5-19(26)21(7-14)29(30)31)18-10-17(18)13-3-6-22-23(8-13)33-12-32-22/h1-9,17-18H,10-12H2/b28-24+. The van der Waals surface area contributed by atoms with Crippen molar-refractivity contribution in [3.8, 4) is 11.5 Å². The van der Waals surface area contributed by atoms with Crippen LogP contribution >= 0.6 is 34.8 Å². The van der Waals surface area contributed by atoms with Gasteiger partial charge in [0.15, 0.2) is 11.5 Å². The SMILES string of the molecule is O=[N+]([O-])c1cc(/C(=N\OCc2ccc(Cl)cc2Cl)C2CC2c2ccc3c(c2)OCO3)ccc1Cl. The van der Waals surface area contributed by atoms with Gasteiger partial charge in [-0.1, -0.05) is 58.2 Å². The Morgan fingerprint density at radius 3 is 2.65 bits per heavy atom. The Bertz CT molecular complexity index is 1310. The number of hydrogen-bond donors (Lipinski definition) is 0. The lowest BCUT2D eigenvalue weighted by atomic mass is 10.0. The van der Waals surface area contributed by atoms with Gasteiger partial charge in [-0.05, 0) is 48.2 Å². The third kappa shape index (κ3) is 4.64. The second-order valence-corrected chi connectivity index (χ2v) is 9.22. The quantitative estimate of drug-likeness (QED) is 0.190. The number of rotatable bonds is 7. The van der Waals surface area contributed by atoms with Crippen LogP contribution in [0, 0.1) is 16.0 Å². The van der Waals surface area contributed by atoms with Crippen LogP contribution in [0.2, 0.25) is 15.1 Å². The molecule has 0 amide bonds. The summed E-state index contributed by atoms with van der Waals surface area (Å²) in [6.45, 7) is 0.325. The Balaban J connectivity index is 1.43. The van der Waals surface area contributed by atoms with Crippen molar-refractivity contribution in [1.29, 1.82) is 0 Å². The van der Waals surface area contributed by atoms with Gasteiger partial charge in [-0.15, -0.1) is 0 Å². The van der Waals surface area contributed by atoms with Crippen molar-refractivity contribution in [2.75, 3.05) is 6.79 Å². The first-order valence-electron chi connectivity index (χ1n) is 10.4. The van der Waals surface area contributed by atoms with Crippen molar-refractivity contribution in [2.45, 2.75) is 18.9 Å². The summed E-state index contributed by atoms with van der Waals surface area (Å²) < 4.78 is 10.9. The summed E-state index contributed by atoms with van der Waals surface area (Å²) in [5.74, 6) is 1.58. The molecule has 3 aromatic carbocycles. The minimum atomic E-state index is -0.514. The van der Waals surface area contributed by atoms with Crippen LogP contribution in [0.4, 0.5) is 5.69 Å². The van der Waals surface area contributed by atoms with Crippen LogP contribution in [0.3, 0.4) is 0 Å². The molecule has 1 aliphatic heterocycles. The molecule has 5 rings (SSSR count). The molecule has 0 bridgehead atoms. The highest BCUT2D eigenvalue weighted by Gasteiger charge is 2.44. The number of oxime groups is 1. The molecular formula is C24H17Cl3N2O5. The smallest absolute Gasteiger partial charge is 0.288 e. The maximum atomic E-state index is 11.4. The van der Waals surface area contributed by atoms with E-state index in [1.165, 1.54) is 12.1 Å². The fourth-order valence-electron chi connectivity index (χ4n) is 3.97. The molecule has 10 heteroatoms. The Hall–Kier alpha value is -3.00. The molecule has 2 unspecified atom stereocenters. The zero-order valence-electron chi connectivity index (χ0n) is 17.5. The van der Waals surface area contributed by atoms with E-state index in [2.05, 4.69) is 5.16 Å². The molecular weight excluding hydrogens is 503 g/mol. The summed E-state index contributed by atoms with van der Waals surface area (Å²) in [6, 6.07) is 15.6. The zero-order chi connectivity index (χ0) is 23.8. The third-order valence-corrected chi connectivity index (χ3v) is 6.71. The molecule has 0 spiro atoms. The maximum Gasteiger partial charge on any atom is 0.288 e. The number of nitro groups is 1. The average Bonchev–Trinajstić information content (AvgIpc) is 3.45. The van der Waals surface area contributed by atoms with Gasteiger partial charge < -0.3 is 14.3 Å². The molecule has 1 fully saturated rings. The molecule has 2 atom stereocenters. The molecule has 2 aliphatic rings. The van der Waals surface area contributed by atoms with Crippen molar-refractivity contribution in [3.63, 3.8) is 0 Å². The highest BCUT2D eigenvalue weighted by Crippen LogP contribution is 2.51. The van der Waals surface area contributed by atoms with E-state index in [1.54, 1.807) is 24.3 Å². The van der Waals surface area contributed by atoms with E-state index in [9.17, 15) is 10.1 Å². The van der Waals surface area contributed by atoms with Crippen LogP contribution in [0.25, 0.3) is 0 Å². The Morgan fingerprint density at radius 1 is 1.03 bits per heavy atom. The fourth-order valence-corrected chi connectivity index (χ4v) is 4.62. The first-order chi connectivity index (χ1) is 16.4. The number of halogens is 3. The number of ether oxygens (including phenoxy) is 2. The van der Waals surface area contributed by atoms with Crippen molar-refractivity contribution in [1.82, 2.24) is 0 Å². The lowest BCUT2D eigenvalue weighted by Crippen LogP contribution is -2.08. The lowest BCUT2D eigenvalue weighted by molar-refractivity contribution is -0.384. The predicted octanol–water partition coefficient (Wildman–Crippen LogP) is 7.01. The van der Waals surface area contributed by atoms with Gasteiger partial charge in [-0.2, -0.15) is 0 Å². The number of benzene rings is 3. The second kappa shape index (κ2) is 9.33. The first-order valence-corrected chi connectivity index (χ1v) is 11.5. The highest BCUT2D eigenvalue weighted by atomic mass is 35.5. The van der Waals surface area contributed by atoms with Crippen molar-refractivity contribution < 1.29 is 19.2 Å². The van der Waals surface area contributed by atoms with Crippen LogP contribution in [0.1, 0.15) is 29.0 Å². The first kappa shape index (κ1) is 22.8. The van der Waals surface area contributed by atoms with Gasteiger partial charge >= 0.3 is 0 Å². The third-order valence-electron chi connectivity index (χ3n) is 5.80. The summed E-state index contributed by atoms with van der Waals surface area (Å²) in [5, 5.41) is 16.9. The number of hydrogen-bond acceptors (Lipinski definition) is 6. The molecule has 34 heavy (non-hydrogen) atoms. The van der Waals surface area contributed by atoms with Gasteiger partial charge in [0, 0.05) is 33.2 Å². The Labute approximate surface area is 209 Å². The summed E-state index contributed by atoms with van der Waals surface area (Å²) in [7, 11) is 0. The minimum absolute atomic E-state index is 0.00170. The normalized spacial score (nSPS) is 18.6. The van der Waals surface area contributed by atoms with Crippen LogP contribution < -0.4 is 9.47 Å². The Kier molecular flexibility index (Phi) is 6.25. The van der Waals surface area contributed by atoms with E-state index in [4.69, 9.17) is 49.1 Å². The van der Waals surface area contributed by atoms with E-state index < -0.39 is 4.92 Å². The molecule has 0 N–H and O–H groups in total. The number of nitro benzene ring substituents is 1. The highest BCUT2D eigenvalue weighted by molar-refractivity contribution is 6.35. The molecule has 0 radical (unpaired) electrons. The van der Waals surface area contributed by atoms with E-state index >= 15 is 0 Å². The average molecular weight is 520 g/mol. The van der Waals surface area contributed by atoms with Crippen molar-refractivity contribution in [2.24, 2.45) is 11.1 Å². The lowest BCUT2D eigenvalue weighted by Gasteiger charge is -2.09. The van der Waals surface area contributed by atoms with Crippen molar-refractivity contribution >= 4 is 46.2 Å². The van der Waals surface area contributed by atoms with Gasteiger partial charge in [0.25, 0.3) is 5.69 Å². The second-order valence-electron chi connectivity index (χ2n) is 7.97. The van der Waals surface area contributed by atoms with Gasteiger partial charge in [0.05, 0.1) is 10.6 Å². The predicted molar refractivity (Wildman–Crippen MR) is 129 cm³/mol. The number of fused-ring (bicyclic) bond motifs is 1. The monoisotopic (exact) mass is 518 g/mol. The molecule has 7 nitrogen and oxygen atoms in total. The largest absolute Gasteiger partial charge is 0.454 e. The van der Waals surface area contributed by atoms with E-state index in [1.807, 2.05) is 18.2 Å². The van der Waals surface area contributed by atoms with Gasteiger partial charge in [0.1, 0.15) is 11.6 Å². The van der Waals surface area contributed by atoms with Crippen LogP contribution in [0.5, 0.6) is 11.5 Å². The summed E-state index contributed by atoms with van der Waals surface area (Å²) >= 11 is 18.2. The minimum Gasteiger partial charge on any atom is -0.454 e. The van der Waals surface area contributed by atoms with Crippen LogP contribution in [-0.4, -0.2) is 17.4 Å². The summed E-state index contributed by atoms with van der Waals surface area (Å²) in [4.78, 5) is 16.6. The summed E-state index contributed by atoms with van der Waals surface area (Å²) in [6.07, 6.45) is 0.806. The molecule has 0 saturated heterocycles. The van der Waals surface area contributed by atoms with Gasteiger partial charge in [-0.3, -0.25) is 10.1 Å². The topological polar surface area (TPSA) is 83.2 Å². The number of nitrogens with zero attached hydrogens (tertiary/aromatic N) is 2. The molecule has 1 saturated carbocycles. The molecule has 1 aliphatic carbocycles. The maximum absolute atomic E-state index is 11.4. The molecule has 174 valence electrons. The van der Waals surface area contributed by atoms with Crippen molar-refractivity contribution in [3.05, 3.63) is 96.5 Å². The van der Waals surface area contributed by atoms with E-state index in [0.717, 1.165) is 17.5 Å². The Morgan fingerprint density at radius 2 is 1.85 bits per heavy atom. The van der Waals surface area contributed by atoms with Crippen LogP contribution in [-0.2, 0) is 11.4 Å². The van der Waals surface area contributed by atoms with Gasteiger partial charge in [-0.25, -0.2) is 0 Å². The van der Waals surface area contributed by atoms with E-state index in [0.29, 0.717) is 32.8 Å².